The second-order valence-corrected chi connectivity index (χ2v) is 5.72. The Bertz CT molecular complexity index is 190. The fourth-order valence-electron chi connectivity index (χ4n) is 3.90. The van der Waals surface area contributed by atoms with Gasteiger partial charge in [-0.15, -0.1) is 0 Å². The molecule has 0 saturated heterocycles. The highest BCUT2D eigenvalue weighted by Gasteiger charge is 2.36. The second kappa shape index (κ2) is 5.34. The summed E-state index contributed by atoms with van der Waals surface area (Å²) >= 11 is 0. The van der Waals surface area contributed by atoms with Crippen LogP contribution >= 0.6 is 0 Å². The summed E-state index contributed by atoms with van der Waals surface area (Å²) in [6.07, 6.45) is 12.0. The maximum atomic E-state index is 9.71. The Morgan fingerprint density at radius 2 is 2.00 bits per heavy atom. The van der Waals surface area contributed by atoms with E-state index < -0.39 is 0 Å². The number of aliphatic hydroxyl groups is 1. The van der Waals surface area contributed by atoms with Crippen molar-refractivity contribution in [1.29, 1.82) is 0 Å². The average molecular weight is 210 g/mol. The molecule has 0 bridgehead atoms. The monoisotopic (exact) mass is 210 g/mol. The van der Waals surface area contributed by atoms with Crippen molar-refractivity contribution in [1.82, 2.24) is 0 Å². The van der Waals surface area contributed by atoms with E-state index in [4.69, 9.17) is 0 Å². The molecule has 0 radical (unpaired) electrons. The third-order valence-electron chi connectivity index (χ3n) is 4.70. The van der Waals surface area contributed by atoms with E-state index in [0.717, 1.165) is 30.6 Å². The minimum absolute atomic E-state index is 0.0242. The van der Waals surface area contributed by atoms with Crippen LogP contribution in [0.2, 0.25) is 0 Å². The molecular weight excluding hydrogens is 184 g/mol. The first-order valence-electron chi connectivity index (χ1n) is 6.99. The van der Waals surface area contributed by atoms with E-state index in [1.54, 1.807) is 0 Å². The van der Waals surface area contributed by atoms with Gasteiger partial charge in [-0.25, -0.2) is 0 Å². The molecule has 2 aliphatic rings. The van der Waals surface area contributed by atoms with Gasteiger partial charge in [0.2, 0.25) is 0 Å². The van der Waals surface area contributed by atoms with Crippen LogP contribution < -0.4 is 0 Å². The van der Waals surface area contributed by atoms with E-state index in [1.165, 1.54) is 44.9 Å². The van der Waals surface area contributed by atoms with Crippen LogP contribution in [0.25, 0.3) is 0 Å². The number of fused-ring (bicyclic) bond motifs is 1. The fourth-order valence-corrected chi connectivity index (χ4v) is 3.90. The van der Waals surface area contributed by atoms with Crippen LogP contribution in [0.5, 0.6) is 0 Å². The van der Waals surface area contributed by atoms with Gasteiger partial charge in [0, 0.05) is 0 Å². The van der Waals surface area contributed by atoms with Crippen molar-refractivity contribution in [3.05, 3.63) is 0 Å². The van der Waals surface area contributed by atoms with Crippen LogP contribution in [-0.2, 0) is 0 Å². The van der Waals surface area contributed by atoms with Gasteiger partial charge in [-0.05, 0) is 37.0 Å². The Kier molecular flexibility index (Phi) is 4.07. The Balaban J connectivity index is 1.89. The highest BCUT2D eigenvalue weighted by Crippen LogP contribution is 2.45. The Labute approximate surface area is 94.3 Å². The summed E-state index contributed by atoms with van der Waals surface area (Å²) in [5.74, 6) is 2.83. The molecule has 2 fully saturated rings. The van der Waals surface area contributed by atoms with Gasteiger partial charge < -0.3 is 5.11 Å². The Hall–Kier alpha value is -0.0400. The van der Waals surface area contributed by atoms with Gasteiger partial charge in [-0.3, -0.25) is 0 Å². The molecule has 1 heteroatoms. The molecule has 0 amide bonds. The average Bonchev–Trinajstić information content (AvgIpc) is 2.25. The van der Waals surface area contributed by atoms with Crippen molar-refractivity contribution >= 4 is 0 Å². The lowest BCUT2D eigenvalue weighted by molar-refractivity contribution is 0.0187. The molecule has 2 saturated carbocycles. The standard InChI is InChI=1S/C14H26O/c1-2-3-5-11-6-4-7-12-10-13(15)8-9-14(11)12/h11-15H,2-10H2,1H3. The third-order valence-corrected chi connectivity index (χ3v) is 4.70. The Morgan fingerprint density at radius 3 is 2.80 bits per heavy atom. The minimum atomic E-state index is 0.0242. The molecule has 2 rings (SSSR count). The molecule has 0 aromatic heterocycles. The first-order chi connectivity index (χ1) is 7.31. The third kappa shape index (κ3) is 2.75. The van der Waals surface area contributed by atoms with Gasteiger partial charge in [0.05, 0.1) is 6.10 Å². The summed E-state index contributed by atoms with van der Waals surface area (Å²) < 4.78 is 0. The van der Waals surface area contributed by atoms with E-state index in [9.17, 15) is 5.11 Å². The summed E-state index contributed by atoms with van der Waals surface area (Å²) in [6.45, 7) is 2.30. The first kappa shape index (κ1) is 11.4. The zero-order valence-electron chi connectivity index (χ0n) is 10.1. The van der Waals surface area contributed by atoms with Gasteiger partial charge in [-0.2, -0.15) is 0 Å². The van der Waals surface area contributed by atoms with E-state index in [2.05, 4.69) is 6.92 Å². The maximum absolute atomic E-state index is 9.71. The van der Waals surface area contributed by atoms with E-state index >= 15 is 0 Å². The highest BCUT2D eigenvalue weighted by molar-refractivity contribution is 4.87. The van der Waals surface area contributed by atoms with Crippen molar-refractivity contribution in [2.24, 2.45) is 17.8 Å². The lowest BCUT2D eigenvalue weighted by Crippen LogP contribution is -2.35. The highest BCUT2D eigenvalue weighted by atomic mass is 16.3. The van der Waals surface area contributed by atoms with Gasteiger partial charge in [0.15, 0.2) is 0 Å². The lowest BCUT2D eigenvalue weighted by atomic mass is 9.64. The molecule has 0 spiro atoms. The number of unbranched alkanes of at least 4 members (excludes halogenated alkanes) is 1. The lowest BCUT2D eigenvalue weighted by Gasteiger charge is -2.43. The van der Waals surface area contributed by atoms with Crippen LogP contribution in [0.3, 0.4) is 0 Å². The molecular formula is C14H26O. The second-order valence-electron chi connectivity index (χ2n) is 5.72. The van der Waals surface area contributed by atoms with Gasteiger partial charge >= 0.3 is 0 Å². The molecule has 1 N–H and O–H groups in total. The van der Waals surface area contributed by atoms with Crippen LogP contribution in [0.15, 0.2) is 0 Å². The molecule has 1 nitrogen and oxygen atoms in total. The van der Waals surface area contributed by atoms with Crippen molar-refractivity contribution < 1.29 is 5.11 Å². The largest absolute Gasteiger partial charge is 0.393 e. The van der Waals surface area contributed by atoms with Gasteiger partial charge in [0.1, 0.15) is 0 Å². The van der Waals surface area contributed by atoms with E-state index in [-0.39, 0.29) is 6.10 Å². The molecule has 0 aromatic carbocycles. The van der Waals surface area contributed by atoms with Crippen LogP contribution in [-0.4, -0.2) is 11.2 Å². The predicted octanol–water partition coefficient (Wildman–Crippen LogP) is 3.75. The number of aliphatic hydroxyl groups excluding tert-OH is 1. The zero-order valence-corrected chi connectivity index (χ0v) is 10.1. The first-order valence-corrected chi connectivity index (χ1v) is 6.99. The topological polar surface area (TPSA) is 20.2 Å². The molecule has 4 atom stereocenters. The summed E-state index contributed by atoms with van der Waals surface area (Å²) in [6, 6.07) is 0. The SMILES string of the molecule is CCCCC1CCCC2CC(O)CCC12. The number of hydrogen-bond acceptors (Lipinski definition) is 1. The molecule has 2 aliphatic carbocycles. The normalized spacial score (nSPS) is 41.2. The molecule has 0 aromatic rings. The number of rotatable bonds is 3. The zero-order chi connectivity index (χ0) is 10.7. The van der Waals surface area contributed by atoms with E-state index in [1.807, 2.05) is 0 Å². The van der Waals surface area contributed by atoms with Gasteiger partial charge in [0.25, 0.3) is 0 Å². The summed E-state index contributed by atoms with van der Waals surface area (Å²) in [5.41, 5.74) is 0. The molecule has 15 heavy (non-hydrogen) atoms. The number of hydrogen-bond donors (Lipinski definition) is 1. The quantitative estimate of drug-likeness (QED) is 0.752. The van der Waals surface area contributed by atoms with Crippen molar-refractivity contribution in [3.63, 3.8) is 0 Å². The predicted molar refractivity (Wildman–Crippen MR) is 63.7 cm³/mol. The van der Waals surface area contributed by atoms with Crippen LogP contribution in [0, 0.1) is 17.8 Å². The molecule has 88 valence electrons. The van der Waals surface area contributed by atoms with E-state index in [0.29, 0.717) is 0 Å². The molecule has 0 heterocycles. The van der Waals surface area contributed by atoms with Crippen molar-refractivity contribution in [2.75, 3.05) is 0 Å². The van der Waals surface area contributed by atoms with Crippen LogP contribution in [0.4, 0.5) is 0 Å². The minimum Gasteiger partial charge on any atom is -0.393 e. The fraction of sp³-hybridized carbons (Fsp3) is 1.00. The summed E-state index contributed by atoms with van der Waals surface area (Å²) in [5, 5.41) is 9.71. The van der Waals surface area contributed by atoms with Gasteiger partial charge in [-0.1, -0.05) is 45.4 Å². The van der Waals surface area contributed by atoms with Crippen molar-refractivity contribution in [2.45, 2.75) is 70.8 Å². The maximum Gasteiger partial charge on any atom is 0.0543 e. The summed E-state index contributed by atoms with van der Waals surface area (Å²) in [7, 11) is 0. The van der Waals surface area contributed by atoms with Crippen LogP contribution in [0.1, 0.15) is 64.7 Å². The Morgan fingerprint density at radius 1 is 1.13 bits per heavy atom. The molecule has 4 unspecified atom stereocenters. The smallest absolute Gasteiger partial charge is 0.0543 e. The molecule has 0 aliphatic heterocycles. The summed E-state index contributed by atoms with van der Waals surface area (Å²) in [4.78, 5) is 0. The van der Waals surface area contributed by atoms with Crippen molar-refractivity contribution in [3.8, 4) is 0 Å².